The molecule has 4 aromatic rings. The summed E-state index contributed by atoms with van der Waals surface area (Å²) in [5.74, 6) is 0.823. The maximum Gasteiger partial charge on any atom is 0.248 e. The number of primary amides is 1. The van der Waals surface area contributed by atoms with Gasteiger partial charge in [-0.25, -0.2) is 0 Å². The summed E-state index contributed by atoms with van der Waals surface area (Å²) in [6, 6.07) is 20.0. The number of aromatic nitrogens is 3. The number of nitrogens with one attached hydrogen (secondary N) is 4. The molecule has 0 saturated carbocycles. The molecule has 1 aromatic heterocycles. The fourth-order valence-electron chi connectivity index (χ4n) is 4.19. The fraction of sp³-hybridized carbons (Fsp3) is 0.231. The van der Waals surface area contributed by atoms with Crippen molar-refractivity contribution in [3.05, 3.63) is 77.4 Å². The van der Waals surface area contributed by atoms with Crippen LogP contribution in [0.5, 0.6) is 0 Å². The number of aryl methyl sites for hydroxylation is 1. The van der Waals surface area contributed by atoms with Gasteiger partial charge in [-0.2, -0.15) is 15.0 Å². The monoisotopic (exact) mass is 468 g/mol. The molecule has 0 spiro atoms. The van der Waals surface area contributed by atoms with Crippen molar-refractivity contribution in [1.82, 2.24) is 20.3 Å². The molecule has 2 heterocycles. The Hall–Kier alpha value is -4.24. The van der Waals surface area contributed by atoms with Gasteiger partial charge in [-0.15, -0.1) is 0 Å². The van der Waals surface area contributed by atoms with E-state index in [1.54, 1.807) is 12.1 Å². The Morgan fingerprint density at radius 1 is 1.03 bits per heavy atom. The van der Waals surface area contributed by atoms with Gasteiger partial charge in [0.15, 0.2) is 0 Å². The molecule has 3 aromatic carbocycles. The lowest BCUT2D eigenvalue weighted by molar-refractivity contribution is 0.100. The van der Waals surface area contributed by atoms with E-state index in [0.717, 1.165) is 30.6 Å². The summed E-state index contributed by atoms with van der Waals surface area (Å²) >= 11 is 0. The number of benzene rings is 3. The number of carbonyl (C=O) groups excluding carboxylic acids is 1. The first-order valence-electron chi connectivity index (χ1n) is 11.7. The maximum absolute atomic E-state index is 11.7. The minimum Gasteiger partial charge on any atom is -0.366 e. The van der Waals surface area contributed by atoms with E-state index in [4.69, 9.17) is 5.73 Å². The third kappa shape index (κ3) is 5.30. The van der Waals surface area contributed by atoms with Crippen molar-refractivity contribution in [1.29, 1.82) is 0 Å². The second-order valence-corrected chi connectivity index (χ2v) is 8.65. The minimum atomic E-state index is -0.489. The van der Waals surface area contributed by atoms with Gasteiger partial charge in [0.05, 0.1) is 0 Å². The van der Waals surface area contributed by atoms with Crippen molar-refractivity contribution in [2.24, 2.45) is 5.73 Å². The third-order valence-electron chi connectivity index (χ3n) is 6.11. The minimum absolute atomic E-state index is 0.246. The Morgan fingerprint density at radius 3 is 2.66 bits per heavy atom. The Balaban J connectivity index is 1.43. The third-order valence-corrected chi connectivity index (χ3v) is 6.11. The van der Waals surface area contributed by atoms with Crippen LogP contribution in [0.15, 0.2) is 60.7 Å². The highest BCUT2D eigenvalue weighted by atomic mass is 16.1. The van der Waals surface area contributed by atoms with E-state index in [-0.39, 0.29) is 6.04 Å². The van der Waals surface area contributed by atoms with Crippen LogP contribution in [0.25, 0.3) is 10.8 Å². The van der Waals surface area contributed by atoms with Crippen molar-refractivity contribution in [2.75, 3.05) is 29.0 Å². The molecule has 1 fully saturated rings. The van der Waals surface area contributed by atoms with E-state index in [9.17, 15) is 4.79 Å². The van der Waals surface area contributed by atoms with Crippen LogP contribution < -0.4 is 27.0 Å². The molecule has 0 bridgehead atoms. The zero-order valence-corrected chi connectivity index (χ0v) is 19.5. The highest BCUT2D eigenvalue weighted by Gasteiger charge is 2.17. The van der Waals surface area contributed by atoms with E-state index in [1.807, 2.05) is 31.2 Å². The fourth-order valence-corrected chi connectivity index (χ4v) is 4.19. The average molecular weight is 469 g/mol. The predicted octanol–water partition coefficient (Wildman–Crippen LogP) is 3.56. The van der Waals surface area contributed by atoms with Crippen LogP contribution in [-0.2, 0) is 6.54 Å². The van der Waals surface area contributed by atoms with Gasteiger partial charge in [-0.05, 0) is 53.9 Å². The van der Waals surface area contributed by atoms with Crippen LogP contribution in [0.4, 0.5) is 23.5 Å². The smallest absolute Gasteiger partial charge is 0.248 e. The molecule has 0 aliphatic carbocycles. The molecular formula is C26H28N8O. The Labute approximate surface area is 203 Å². The van der Waals surface area contributed by atoms with Gasteiger partial charge in [0, 0.05) is 30.4 Å². The summed E-state index contributed by atoms with van der Waals surface area (Å²) in [6.45, 7) is 4.31. The molecular weight excluding hydrogens is 440 g/mol. The summed E-state index contributed by atoms with van der Waals surface area (Å²) < 4.78 is 0. The first kappa shape index (κ1) is 22.5. The summed E-state index contributed by atoms with van der Waals surface area (Å²) in [7, 11) is 0. The van der Waals surface area contributed by atoms with Crippen molar-refractivity contribution < 1.29 is 4.79 Å². The van der Waals surface area contributed by atoms with Crippen LogP contribution in [0.2, 0.25) is 0 Å². The summed E-state index contributed by atoms with van der Waals surface area (Å²) in [5.41, 5.74) is 8.68. The number of rotatable bonds is 8. The Kier molecular flexibility index (Phi) is 6.40. The summed E-state index contributed by atoms with van der Waals surface area (Å²) in [5, 5.41) is 15.7. The Bertz CT molecular complexity index is 1360. The molecule has 1 aliphatic heterocycles. The van der Waals surface area contributed by atoms with Crippen LogP contribution >= 0.6 is 0 Å². The first-order valence-corrected chi connectivity index (χ1v) is 11.7. The van der Waals surface area contributed by atoms with Crippen molar-refractivity contribution in [2.45, 2.75) is 25.9 Å². The molecule has 1 aliphatic rings. The zero-order valence-electron chi connectivity index (χ0n) is 19.5. The number of nitrogens with zero attached hydrogens (tertiary/aromatic N) is 3. The van der Waals surface area contributed by atoms with Crippen molar-refractivity contribution >= 4 is 40.2 Å². The lowest BCUT2D eigenvalue weighted by Gasteiger charge is -2.15. The quantitative estimate of drug-likeness (QED) is 0.265. The van der Waals surface area contributed by atoms with Gasteiger partial charge in [0.2, 0.25) is 23.8 Å². The van der Waals surface area contributed by atoms with Gasteiger partial charge in [-0.3, -0.25) is 4.79 Å². The number of hydrogen-bond donors (Lipinski definition) is 5. The van der Waals surface area contributed by atoms with Crippen LogP contribution in [0.3, 0.4) is 0 Å². The molecule has 35 heavy (non-hydrogen) atoms. The highest BCUT2D eigenvalue weighted by Crippen LogP contribution is 2.23. The van der Waals surface area contributed by atoms with E-state index in [1.165, 1.54) is 10.8 Å². The topological polar surface area (TPSA) is 130 Å². The van der Waals surface area contributed by atoms with E-state index < -0.39 is 5.91 Å². The lowest BCUT2D eigenvalue weighted by atomic mass is 10.0. The molecule has 0 radical (unpaired) electrons. The van der Waals surface area contributed by atoms with Crippen LogP contribution in [0.1, 0.15) is 27.9 Å². The maximum atomic E-state index is 11.7. The number of anilines is 4. The predicted molar refractivity (Wildman–Crippen MR) is 139 cm³/mol. The lowest BCUT2D eigenvalue weighted by Crippen LogP contribution is -2.24. The molecule has 178 valence electrons. The van der Waals surface area contributed by atoms with Crippen molar-refractivity contribution in [3.63, 3.8) is 0 Å². The second kappa shape index (κ2) is 9.94. The molecule has 5 rings (SSSR count). The summed E-state index contributed by atoms with van der Waals surface area (Å²) in [4.78, 5) is 25.5. The molecule has 9 heteroatoms. The van der Waals surface area contributed by atoms with Gasteiger partial charge in [0.25, 0.3) is 0 Å². The van der Waals surface area contributed by atoms with Gasteiger partial charge in [-0.1, -0.05) is 48.5 Å². The van der Waals surface area contributed by atoms with E-state index >= 15 is 0 Å². The number of amides is 1. The molecule has 1 atom stereocenters. The highest BCUT2D eigenvalue weighted by molar-refractivity contribution is 5.94. The first-order chi connectivity index (χ1) is 17.0. The number of carbonyl (C=O) groups is 1. The van der Waals surface area contributed by atoms with Crippen LogP contribution in [0, 0.1) is 6.92 Å². The average Bonchev–Trinajstić information content (AvgIpc) is 3.37. The van der Waals surface area contributed by atoms with Crippen molar-refractivity contribution in [3.8, 4) is 0 Å². The Morgan fingerprint density at radius 2 is 1.83 bits per heavy atom. The normalized spacial score (nSPS) is 15.2. The molecule has 1 saturated heterocycles. The zero-order chi connectivity index (χ0) is 24.2. The number of nitrogens with two attached hydrogens (primary N) is 1. The van der Waals surface area contributed by atoms with Gasteiger partial charge in [0.1, 0.15) is 0 Å². The SMILES string of the molecule is Cc1ccc(C(N)=O)cc1Nc1nc(NCc2cccc3ccccc23)nc(N[C@@H]2CCNC2)n1. The number of hydrogen-bond acceptors (Lipinski definition) is 8. The van der Waals surface area contributed by atoms with Gasteiger partial charge < -0.3 is 27.0 Å². The summed E-state index contributed by atoms with van der Waals surface area (Å²) in [6.07, 6.45) is 0.993. The molecule has 6 N–H and O–H groups in total. The molecule has 1 amide bonds. The number of fused-ring (bicyclic) bond motifs is 1. The second-order valence-electron chi connectivity index (χ2n) is 8.65. The van der Waals surface area contributed by atoms with Crippen LogP contribution in [-0.4, -0.2) is 40.0 Å². The van der Waals surface area contributed by atoms with E-state index in [2.05, 4.69) is 60.5 Å². The van der Waals surface area contributed by atoms with Gasteiger partial charge >= 0.3 is 0 Å². The standard InChI is InChI=1S/C26H28N8O/c1-16-9-10-18(23(27)35)13-22(16)31-26-33-24(32-25(34-26)30-20-11-12-28-15-20)29-14-19-7-4-6-17-5-2-3-8-21(17)19/h2-10,13,20,28H,11-12,14-15H2,1H3,(H2,27,35)(H3,29,30,31,32,33,34)/t20-/m1/s1. The largest absolute Gasteiger partial charge is 0.366 e. The molecule has 0 unspecified atom stereocenters. The van der Waals surface area contributed by atoms with E-state index in [0.29, 0.717) is 35.6 Å². The molecule has 9 nitrogen and oxygen atoms in total.